The maximum atomic E-state index is 12.1. The molecular formula is C28H36N2O6S. The molecule has 8 nitrogen and oxygen atoms in total. The van der Waals surface area contributed by atoms with Crippen LogP contribution in [-0.4, -0.2) is 37.7 Å². The molecule has 2 aliphatic heterocycles. The van der Waals surface area contributed by atoms with E-state index in [9.17, 15) is 18.3 Å². The van der Waals surface area contributed by atoms with E-state index in [0.29, 0.717) is 30.9 Å². The standard InChI is InChI=1S/C28H36N2O6S/c1-18-14-26(35-13-12-28(3,4)32)29-19(2)27(18)22-7-5-6-20(15-22)17-36-23-10-8-21(9-11-23)24-16-25(31)30-37(24,33)34/h5-11,14-15,18-19,24,27,29,32H,12-13,16-17H2,1-4H3,(H,30,31). The van der Waals surface area contributed by atoms with Crippen molar-refractivity contribution in [3.05, 3.63) is 77.2 Å². The van der Waals surface area contributed by atoms with Gasteiger partial charge in [-0.25, -0.2) is 8.42 Å². The van der Waals surface area contributed by atoms with Gasteiger partial charge in [0.1, 0.15) is 17.6 Å². The molecule has 2 aromatic carbocycles. The van der Waals surface area contributed by atoms with Gasteiger partial charge in [-0.2, -0.15) is 0 Å². The van der Waals surface area contributed by atoms with Crippen LogP contribution in [0.1, 0.15) is 68.4 Å². The van der Waals surface area contributed by atoms with Crippen LogP contribution in [0.5, 0.6) is 5.75 Å². The van der Waals surface area contributed by atoms with Crippen molar-refractivity contribution in [1.82, 2.24) is 10.0 Å². The second kappa shape index (κ2) is 10.8. The number of rotatable bonds is 9. The molecule has 0 spiro atoms. The number of allylic oxidation sites excluding steroid dienone is 1. The molecule has 0 aromatic heterocycles. The normalized spacial score (nSPS) is 25.1. The molecule has 2 aromatic rings. The first kappa shape index (κ1) is 27.0. The van der Waals surface area contributed by atoms with Crippen LogP contribution in [0.3, 0.4) is 0 Å². The molecule has 37 heavy (non-hydrogen) atoms. The second-order valence-corrected chi connectivity index (χ2v) is 12.5. The Hall–Kier alpha value is -3.04. The fraction of sp³-hybridized carbons (Fsp3) is 0.464. The summed E-state index contributed by atoms with van der Waals surface area (Å²) < 4.78 is 38.1. The van der Waals surface area contributed by atoms with Crippen molar-refractivity contribution in [3.63, 3.8) is 0 Å². The van der Waals surface area contributed by atoms with Gasteiger partial charge in [0.05, 0.1) is 18.6 Å². The van der Waals surface area contributed by atoms with Crippen molar-refractivity contribution in [3.8, 4) is 5.75 Å². The van der Waals surface area contributed by atoms with E-state index >= 15 is 0 Å². The number of carbonyl (C=O) groups is 1. The lowest BCUT2D eigenvalue weighted by molar-refractivity contribution is -0.118. The maximum absolute atomic E-state index is 12.1. The van der Waals surface area contributed by atoms with Crippen molar-refractivity contribution >= 4 is 15.9 Å². The van der Waals surface area contributed by atoms with E-state index in [4.69, 9.17) is 9.47 Å². The minimum atomic E-state index is -3.66. The predicted octanol–water partition coefficient (Wildman–Crippen LogP) is 3.89. The largest absolute Gasteiger partial charge is 0.489 e. The summed E-state index contributed by atoms with van der Waals surface area (Å²) in [6, 6.07) is 15.4. The molecule has 2 heterocycles. The van der Waals surface area contributed by atoms with Gasteiger partial charge in [0, 0.05) is 18.4 Å². The minimum Gasteiger partial charge on any atom is -0.489 e. The molecule has 1 fully saturated rings. The fourth-order valence-corrected chi connectivity index (χ4v) is 6.36. The van der Waals surface area contributed by atoms with E-state index in [-0.39, 0.29) is 24.3 Å². The van der Waals surface area contributed by atoms with Gasteiger partial charge in [-0.15, -0.1) is 0 Å². The highest BCUT2D eigenvalue weighted by Gasteiger charge is 2.37. The molecule has 200 valence electrons. The molecule has 0 radical (unpaired) electrons. The number of hydrogen-bond acceptors (Lipinski definition) is 7. The van der Waals surface area contributed by atoms with Gasteiger partial charge in [-0.05, 0) is 61.6 Å². The third-order valence-electron chi connectivity index (χ3n) is 6.86. The number of ether oxygens (including phenoxy) is 2. The second-order valence-electron chi connectivity index (χ2n) is 10.6. The Morgan fingerprint density at radius 2 is 1.78 bits per heavy atom. The quantitative estimate of drug-likeness (QED) is 0.453. The number of aliphatic hydroxyl groups is 1. The predicted molar refractivity (Wildman–Crippen MR) is 141 cm³/mol. The van der Waals surface area contributed by atoms with Crippen LogP contribution in [-0.2, 0) is 26.2 Å². The average molecular weight is 529 g/mol. The summed E-state index contributed by atoms with van der Waals surface area (Å²) in [7, 11) is -3.66. The van der Waals surface area contributed by atoms with Gasteiger partial charge in [0.25, 0.3) is 0 Å². The third kappa shape index (κ3) is 6.84. The highest BCUT2D eigenvalue weighted by Crippen LogP contribution is 2.34. The van der Waals surface area contributed by atoms with E-state index in [0.717, 1.165) is 11.4 Å². The van der Waals surface area contributed by atoms with E-state index < -0.39 is 26.8 Å². The van der Waals surface area contributed by atoms with E-state index in [1.54, 1.807) is 38.1 Å². The molecule has 2 aliphatic rings. The Bertz CT molecular complexity index is 1250. The molecule has 4 atom stereocenters. The molecule has 1 saturated heterocycles. The molecule has 0 aliphatic carbocycles. The lowest BCUT2D eigenvalue weighted by Gasteiger charge is -2.35. The fourth-order valence-electron chi connectivity index (χ4n) is 4.94. The van der Waals surface area contributed by atoms with Crippen LogP contribution in [0.25, 0.3) is 0 Å². The van der Waals surface area contributed by atoms with Gasteiger partial charge in [0.2, 0.25) is 15.9 Å². The number of hydrogen-bond donors (Lipinski definition) is 3. The van der Waals surface area contributed by atoms with E-state index in [1.807, 2.05) is 16.9 Å². The van der Waals surface area contributed by atoms with Crippen molar-refractivity contribution in [2.24, 2.45) is 5.92 Å². The van der Waals surface area contributed by atoms with E-state index in [2.05, 4.69) is 37.4 Å². The molecular weight excluding hydrogens is 492 g/mol. The summed E-state index contributed by atoms with van der Waals surface area (Å²) in [6.07, 6.45) is 2.60. The number of sulfonamides is 1. The number of carbonyl (C=O) groups excluding carboxylic acids is 1. The third-order valence-corrected chi connectivity index (χ3v) is 8.56. The zero-order valence-corrected chi connectivity index (χ0v) is 22.5. The molecule has 9 heteroatoms. The summed E-state index contributed by atoms with van der Waals surface area (Å²) in [5.41, 5.74) is 2.05. The first-order valence-electron chi connectivity index (χ1n) is 12.6. The van der Waals surface area contributed by atoms with Crippen molar-refractivity contribution in [2.75, 3.05) is 6.61 Å². The van der Waals surface area contributed by atoms with Crippen molar-refractivity contribution in [1.29, 1.82) is 0 Å². The highest BCUT2D eigenvalue weighted by atomic mass is 32.2. The van der Waals surface area contributed by atoms with Gasteiger partial charge in [-0.3, -0.25) is 9.52 Å². The molecule has 0 bridgehead atoms. The number of benzene rings is 2. The van der Waals surface area contributed by atoms with Crippen LogP contribution < -0.4 is 14.8 Å². The Kier molecular flexibility index (Phi) is 7.85. The lowest BCUT2D eigenvalue weighted by Crippen LogP contribution is -2.39. The summed E-state index contributed by atoms with van der Waals surface area (Å²) >= 11 is 0. The molecule has 1 amide bonds. The molecule has 0 saturated carbocycles. The summed E-state index contributed by atoms with van der Waals surface area (Å²) in [5.74, 6) is 1.41. The molecule has 3 N–H and O–H groups in total. The Morgan fingerprint density at radius 1 is 1.05 bits per heavy atom. The van der Waals surface area contributed by atoms with Gasteiger partial charge >= 0.3 is 0 Å². The van der Waals surface area contributed by atoms with E-state index in [1.165, 1.54) is 5.56 Å². The molecule has 4 rings (SSSR count). The minimum absolute atomic E-state index is 0.0636. The van der Waals surface area contributed by atoms with Crippen molar-refractivity contribution < 1.29 is 27.8 Å². The zero-order chi connectivity index (χ0) is 26.8. The summed E-state index contributed by atoms with van der Waals surface area (Å²) in [5, 5.41) is 12.5. The topological polar surface area (TPSA) is 114 Å². The van der Waals surface area contributed by atoms with Crippen LogP contribution in [0, 0.1) is 5.92 Å². The Morgan fingerprint density at radius 3 is 2.41 bits per heavy atom. The lowest BCUT2D eigenvalue weighted by atomic mass is 9.80. The molecule has 4 unspecified atom stereocenters. The average Bonchev–Trinajstić information content (AvgIpc) is 3.09. The Labute approximate surface area is 219 Å². The van der Waals surface area contributed by atoms with Gasteiger partial charge in [0.15, 0.2) is 5.88 Å². The number of amides is 1. The van der Waals surface area contributed by atoms with Crippen molar-refractivity contribution in [2.45, 2.75) is 70.0 Å². The smallest absolute Gasteiger partial charge is 0.242 e. The van der Waals surface area contributed by atoms with Crippen LogP contribution in [0.4, 0.5) is 0 Å². The van der Waals surface area contributed by atoms with Crippen LogP contribution in [0.2, 0.25) is 0 Å². The summed E-state index contributed by atoms with van der Waals surface area (Å²) in [6.45, 7) is 8.70. The highest BCUT2D eigenvalue weighted by molar-refractivity contribution is 7.90. The van der Waals surface area contributed by atoms with Crippen LogP contribution >= 0.6 is 0 Å². The monoisotopic (exact) mass is 528 g/mol. The first-order chi connectivity index (χ1) is 17.4. The maximum Gasteiger partial charge on any atom is 0.242 e. The van der Waals surface area contributed by atoms with Gasteiger partial charge in [-0.1, -0.05) is 43.3 Å². The Balaban J connectivity index is 1.37. The van der Waals surface area contributed by atoms with Crippen LogP contribution in [0.15, 0.2) is 60.5 Å². The summed E-state index contributed by atoms with van der Waals surface area (Å²) in [4.78, 5) is 11.5. The first-order valence-corrected chi connectivity index (χ1v) is 14.2. The zero-order valence-electron chi connectivity index (χ0n) is 21.7. The number of nitrogens with one attached hydrogen (secondary N) is 2. The SMILES string of the molecule is CC1C=C(OCCC(C)(C)O)NC(C)C1c1cccc(COc2ccc(C3CC(=O)NS3(=O)=O)cc2)c1. The van der Waals surface area contributed by atoms with Gasteiger partial charge < -0.3 is 19.9 Å².